The first-order valence-corrected chi connectivity index (χ1v) is 9.01. The van der Waals surface area contributed by atoms with E-state index in [1.807, 2.05) is 38.0 Å². The van der Waals surface area contributed by atoms with E-state index in [9.17, 15) is 9.59 Å². The number of Topliss-reactive ketones (excluding diaryl/α,β-unsaturated/α-hetero) is 1. The zero-order valence-electron chi connectivity index (χ0n) is 15.5. The summed E-state index contributed by atoms with van der Waals surface area (Å²) in [7, 11) is 1.68. The van der Waals surface area contributed by atoms with Gasteiger partial charge in [0.2, 0.25) is 0 Å². The number of piperidine rings is 1. The normalized spacial score (nSPS) is 25.4. The molecule has 0 N–H and O–H groups in total. The van der Waals surface area contributed by atoms with Crippen molar-refractivity contribution in [3.8, 4) is 0 Å². The monoisotopic (exact) mass is 345 g/mol. The summed E-state index contributed by atoms with van der Waals surface area (Å²) in [6.07, 6.45) is 1.95. The number of rotatable bonds is 4. The van der Waals surface area contributed by atoms with Crippen LogP contribution in [0.5, 0.6) is 0 Å². The molecule has 3 rings (SSSR count). The summed E-state index contributed by atoms with van der Waals surface area (Å²) in [6.45, 7) is 7.66. The molecule has 0 amide bonds. The summed E-state index contributed by atoms with van der Waals surface area (Å²) < 4.78 is 5.50. The van der Waals surface area contributed by atoms with Crippen LogP contribution in [-0.4, -0.2) is 43.1 Å². The molecule has 5 heteroatoms. The number of nitrogens with zero attached hydrogens (tertiary/aromatic N) is 1. The molecule has 1 aromatic carbocycles. The van der Waals surface area contributed by atoms with Gasteiger partial charge in [0.15, 0.2) is 11.9 Å². The number of cyclic esters (lactones) is 1. The lowest BCUT2D eigenvalue weighted by atomic mass is 9.84. The van der Waals surface area contributed by atoms with Crippen LogP contribution in [0.3, 0.4) is 0 Å². The second kappa shape index (κ2) is 7.26. The van der Waals surface area contributed by atoms with Crippen LogP contribution < -0.4 is 0 Å². The maximum atomic E-state index is 12.9. The van der Waals surface area contributed by atoms with E-state index < -0.39 is 12.0 Å². The van der Waals surface area contributed by atoms with Crippen LogP contribution in [0.15, 0.2) is 12.1 Å². The Hall–Kier alpha value is -1.72. The molecule has 2 unspecified atom stereocenters. The molecular formula is C20H27NO4. The van der Waals surface area contributed by atoms with Crippen molar-refractivity contribution in [3.63, 3.8) is 0 Å². The van der Waals surface area contributed by atoms with Crippen LogP contribution in [0.1, 0.15) is 47.4 Å². The quantitative estimate of drug-likeness (QED) is 0.620. The number of aryl methyl sites for hydroxylation is 3. The van der Waals surface area contributed by atoms with Gasteiger partial charge in [0.25, 0.3) is 0 Å². The maximum Gasteiger partial charge on any atom is 0.321 e. The Balaban J connectivity index is 1.73. The zero-order valence-corrected chi connectivity index (χ0v) is 15.5. The van der Waals surface area contributed by atoms with Crippen LogP contribution >= 0.6 is 0 Å². The van der Waals surface area contributed by atoms with Crippen molar-refractivity contribution in [2.45, 2.75) is 52.1 Å². The molecule has 2 aliphatic rings. The molecular weight excluding hydrogens is 318 g/mol. The fraction of sp³-hybridized carbons (Fsp3) is 0.600. The minimum Gasteiger partial charge on any atom is -0.454 e. The third-order valence-corrected chi connectivity index (χ3v) is 5.50. The van der Waals surface area contributed by atoms with E-state index in [0.29, 0.717) is 12.3 Å². The first kappa shape index (κ1) is 18.1. The Labute approximate surface area is 149 Å². The first-order chi connectivity index (χ1) is 11.9. The lowest BCUT2D eigenvalue weighted by Crippen LogP contribution is -2.34. The van der Waals surface area contributed by atoms with Gasteiger partial charge in [0.1, 0.15) is 5.92 Å². The number of hydrogen-bond acceptors (Lipinski definition) is 5. The minimum absolute atomic E-state index is 0.0748. The van der Waals surface area contributed by atoms with E-state index in [1.54, 1.807) is 7.11 Å². The van der Waals surface area contributed by atoms with Gasteiger partial charge in [-0.3, -0.25) is 9.59 Å². The van der Waals surface area contributed by atoms with Crippen molar-refractivity contribution in [2.24, 2.45) is 5.92 Å². The van der Waals surface area contributed by atoms with E-state index in [0.717, 1.165) is 48.2 Å². The second-order valence-corrected chi connectivity index (χ2v) is 7.36. The molecule has 136 valence electrons. The summed E-state index contributed by atoms with van der Waals surface area (Å²) in [5.74, 6) is -0.828. The zero-order chi connectivity index (χ0) is 18.1. The van der Waals surface area contributed by atoms with E-state index in [2.05, 4.69) is 0 Å². The first-order valence-electron chi connectivity index (χ1n) is 9.01. The number of ether oxygens (including phenoxy) is 1. The van der Waals surface area contributed by atoms with Gasteiger partial charge in [-0.1, -0.05) is 17.7 Å². The number of hydroxylamine groups is 2. The smallest absolute Gasteiger partial charge is 0.321 e. The molecule has 2 atom stereocenters. The Morgan fingerprint density at radius 1 is 1.12 bits per heavy atom. The van der Waals surface area contributed by atoms with Gasteiger partial charge in [-0.25, -0.2) is 0 Å². The topological polar surface area (TPSA) is 55.8 Å². The molecule has 25 heavy (non-hydrogen) atoms. The molecule has 0 aromatic heterocycles. The molecule has 0 aliphatic carbocycles. The molecule has 0 spiro atoms. The van der Waals surface area contributed by atoms with Crippen LogP contribution in [0.2, 0.25) is 0 Å². The highest BCUT2D eigenvalue weighted by Crippen LogP contribution is 2.36. The number of carbonyl (C=O) groups excluding carboxylic acids is 2. The molecule has 2 heterocycles. The maximum absolute atomic E-state index is 12.9. The Morgan fingerprint density at radius 3 is 2.28 bits per heavy atom. The summed E-state index contributed by atoms with van der Waals surface area (Å²) in [5.41, 5.74) is 3.94. The highest BCUT2D eigenvalue weighted by Gasteiger charge is 2.46. The van der Waals surface area contributed by atoms with Crippen molar-refractivity contribution < 1.29 is 19.2 Å². The second-order valence-electron chi connectivity index (χ2n) is 7.36. The predicted molar refractivity (Wildman–Crippen MR) is 94.2 cm³/mol. The largest absolute Gasteiger partial charge is 0.454 e. The lowest BCUT2D eigenvalue weighted by Gasteiger charge is -2.30. The highest BCUT2D eigenvalue weighted by atomic mass is 16.7. The number of ketones is 1. The van der Waals surface area contributed by atoms with Crippen LogP contribution in [0.25, 0.3) is 0 Å². The summed E-state index contributed by atoms with van der Waals surface area (Å²) in [4.78, 5) is 30.6. The standard InChI is InChI=1S/C20H27NO4/c1-12-9-13(2)17(14(3)10-12)18-19(22)16(25-20(18)23)11-15-5-7-21(24-4)8-6-15/h9-10,15-16,18H,5-8,11H2,1-4H3. The van der Waals surface area contributed by atoms with Crippen LogP contribution in [0, 0.1) is 26.7 Å². The number of benzene rings is 1. The highest BCUT2D eigenvalue weighted by molar-refractivity contribution is 6.11. The molecule has 0 radical (unpaired) electrons. The SMILES string of the molecule is CON1CCC(CC2OC(=O)C(c3c(C)cc(C)cc3C)C2=O)CC1. The number of esters is 1. The van der Waals surface area contributed by atoms with Gasteiger partial charge in [0, 0.05) is 13.1 Å². The van der Waals surface area contributed by atoms with Gasteiger partial charge in [-0.15, -0.1) is 0 Å². The van der Waals surface area contributed by atoms with Gasteiger partial charge >= 0.3 is 5.97 Å². The fourth-order valence-electron chi connectivity index (χ4n) is 4.27. The summed E-state index contributed by atoms with van der Waals surface area (Å²) in [5, 5.41) is 1.93. The molecule has 1 aromatic rings. The predicted octanol–water partition coefficient (Wildman–Crippen LogP) is 2.85. The molecule has 2 saturated heterocycles. The van der Waals surface area contributed by atoms with Crippen LogP contribution in [-0.2, 0) is 19.2 Å². The van der Waals surface area contributed by atoms with E-state index in [1.165, 1.54) is 0 Å². The molecule has 2 aliphatic heterocycles. The average molecular weight is 345 g/mol. The van der Waals surface area contributed by atoms with Crippen molar-refractivity contribution in [1.82, 2.24) is 5.06 Å². The Bertz CT molecular complexity index is 653. The van der Waals surface area contributed by atoms with Gasteiger partial charge in [-0.2, -0.15) is 5.06 Å². The third kappa shape index (κ3) is 3.62. The van der Waals surface area contributed by atoms with Crippen molar-refractivity contribution in [2.75, 3.05) is 20.2 Å². The molecule has 0 saturated carbocycles. The fourth-order valence-corrected chi connectivity index (χ4v) is 4.27. The Morgan fingerprint density at radius 2 is 1.72 bits per heavy atom. The molecule has 2 fully saturated rings. The third-order valence-electron chi connectivity index (χ3n) is 5.50. The van der Waals surface area contributed by atoms with E-state index in [4.69, 9.17) is 9.57 Å². The average Bonchev–Trinajstić information content (AvgIpc) is 2.82. The number of hydrogen-bond donors (Lipinski definition) is 0. The number of carbonyl (C=O) groups is 2. The summed E-state index contributed by atoms with van der Waals surface area (Å²) >= 11 is 0. The van der Waals surface area contributed by atoms with Crippen molar-refractivity contribution in [1.29, 1.82) is 0 Å². The van der Waals surface area contributed by atoms with Gasteiger partial charge in [0.05, 0.1) is 7.11 Å². The van der Waals surface area contributed by atoms with E-state index >= 15 is 0 Å². The molecule has 5 nitrogen and oxygen atoms in total. The molecule has 0 bridgehead atoms. The lowest BCUT2D eigenvalue weighted by molar-refractivity contribution is -0.152. The summed E-state index contributed by atoms with van der Waals surface area (Å²) in [6, 6.07) is 4.05. The van der Waals surface area contributed by atoms with Crippen molar-refractivity contribution in [3.05, 3.63) is 34.4 Å². The minimum atomic E-state index is -0.760. The van der Waals surface area contributed by atoms with Crippen LogP contribution in [0.4, 0.5) is 0 Å². The van der Waals surface area contributed by atoms with Gasteiger partial charge in [-0.05, 0) is 62.6 Å². The van der Waals surface area contributed by atoms with Crippen molar-refractivity contribution >= 4 is 11.8 Å². The van der Waals surface area contributed by atoms with Gasteiger partial charge < -0.3 is 9.57 Å². The van der Waals surface area contributed by atoms with E-state index in [-0.39, 0.29) is 11.8 Å². The Kier molecular flexibility index (Phi) is 5.25.